The van der Waals surface area contributed by atoms with Crippen molar-refractivity contribution in [2.45, 2.75) is 26.9 Å². The number of fused-ring (bicyclic) bond motifs is 3. The summed E-state index contributed by atoms with van der Waals surface area (Å²) in [7, 11) is 0. The van der Waals surface area contributed by atoms with E-state index in [9.17, 15) is 4.79 Å². The van der Waals surface area contributed by atoms with E-state index in [0.717, 1.165) is 33.6 Å². The Morgan fingerprint density at radius 1 is 1.03 bits per heavy atom. The van der Waals surface area contributed by atoms with E-state index in [1.165, 1.54) is 0 Å². The van der Waals surface area contributed by atoms with Gasteiger partial charge in [0.15, 0.2) is 5.76 Å². The summed E-state index contributed by atoms with van der Waals surface area (Å²) >= 11 is 12.2. The molecule has 6 heteroatoms. The summed E-state index contributed by atoms with van der Waals surface area (Å²) < 4.78 is 12.2. The number of carbonyl (C=O) groups excluding carboxylic acids is 1. The van der Waals surface area contributed by atoms with E-state index in [0.29, 0.717) is 46.9 Å². The third-order valence-corrected chi connectivity index (χ3v) is 6.59. The predicted octanol–water partition coefficient (Wildman–Crippen LogP) is 6.58. The molecule has 0 radical (unpaired) electrons. The summed E-state index contributed by atoms with van der Waals surface area (Å²) in [6, 6.07) is 15.5. The minimum Gasteiger partial charge on any atom is -0.478 e. The Morgan fingerprint density at radius 2 is 1.84 bits per heavy atom. The number of aryl methyl sites for hydroxylation is 2. The van der Waals surface area contributed by atoms with Gasteiger partial charge in [-0.25, -0.2) is 0 Å². The van der Waals surface area contributed by atoms with Crippen LogP contribution in [-0.4, -0.2) is 17.4 Å². The SMILES string of the molecule is Cc1ccccc1/C=C1\Oc2c3c(cc(C)c2C1=O)OCN(Cc1ccc(Cl)c(Cl)c1)C3. The van der Waals surface area contributed by atoms with Crippen molar-refractivity contribution in [1.82, 2.24) is 4.90 Å². The van der Waals surface area contributed by atoms with Crippen molar-refractivity contribution < 1.29 is 14.3 Å². The van der Waals surface area contributed by atoms with E-state index in [2.05, 4.69) is 4.90 Å². The van der Waals surface area contributed by atoms with E-state index in [4.69, 9.17) is 32.7 Å². The van der Waals surface area contributed by atoms with Gasteiger partial charge in [0.25, 0.3) is 0 Å². The average Bonchev–Trinajstić information content (AvgIpc) is 3.10. The molecule has 2 heterocycles. The molecule has 0 aliphatic carbocycles. The van der Waals surface area contributed by atoms with E-state index in [1.807, 2.05) is 62.4 Å². The number of benzene rings is 3. The van der Waals surface area contributed by atoms with Gasteiger partial charge in [-0.2, -0.15) is 0 Å². The predicted molar refractivity (Wildman–Crippen MR) is 126 cm³/mol. The fourth-order valence-corrected chi connectivity index (χ4v) is 4.48. The Balaban J connectivity index is 1.46. The van der Waals surface area contributed by atoms with Crippen LogP contribution in [0.3, 0.4) is 0 Å². The summed E-state index contributed by atoms with van der Waals surface area (Å²) in [5, 5.41) is 1.06. The van der Waals surface area contributed by atoms with Crippen LogP contribution in [0.2, 0.25) is 10.0 Å². The Morgan fingerprint density at radius 3 is 2.62 bits per heavy atom. The number of hydrogen-bond acceptors (Lipinski definition) is 4. The zero-order chi connectivity index (χ0) is 22.4. The van der Waals surface area contributed by atoms with Crippen molar-refractivity contribution in [3.05, 3.63) is 97.7 Å². The van der Waals surface area contributed by atoms with E-state index >= 15 is 0 Å². The maximum Gasteiger partial charge on any atom is 0.232 e. The molecule has 0 amide bonds. The molecule has 5 rings (SSSR count). The lowest BCUT2D eigenvalue weighted by molar-refractivity contribution is 0.0872. The van der Waals surface area contributed by atoms with Gasteiger partial charge in [0.2, 0.25) is 5.78 Å². The number of ether oxygens (including phenoxy) is 2. The topological polar surface area (TPSA) is 38.8 Å². The number of halogens is 2. The van der Waals surface area contributed by atoms with Crippen LogP contribution in [0.25, 0.3) is 6.08 Å². The second-order valence-corrected chi connectivity index (χ2v) is 8.99. The molecule has 4 nitrogen and oxygen atoms in total. The highest BCUT2D eigenvalue weighted by Gasteiger charge is 2.35. The number of rotatable bonds is 3. The fourth-order valence-electron chi connectivity index (χ4n) is 4.16. The highest BCUT2D eigenvalue weighted by atomic mass is 35.5. The summed E-state index contributed by atoms with van der Waals surface area (Å²) in [5.41, 5.74) is 5.44. The Hall–Kier alpha value is -2.79. The smallest absolute Gasteiger partial charge is 0.232 e. The Bertz CT molecular complexity index is 1280. The van der Waals surface area contributed by atoms with E-state index < -0.39 is 0 Å². The van der Waals surface area contributed by atoms with Crippen molar-refractivity contribution in [3.63, 3.8) is 0 Å². The van der Waals surface area contributed by atoms with Gasteiger partial charge in [0, 0.05) is 13.1 Å². The monoisotopic (exact) mass is 465 g/mol. The maximum absolute atomic E-state index is 13.2. The molecule has 3 aromatic carbocycles. The summed E-state index contributed by atoms with van der Waals surface area (Å²) in [6.07, 6.45) is 1.82. The van der Waals surface area contributed by atoms with Crippen molar-refractivity contribution in [3.8, 4) is 11.5 Å². The first-order valence-electron chi connectivity index (χ1n) is 10.4. The van der Waals surface area contributed by atoms with Crippen LogP contribution >= 0.6 is 23.2 Å². The van der Waals surface area contributed by atoms with E-state index in [-0.39, 0.29) is 5.78 Å². The number of ketones is 1. The second kappa shape index (κ2) is 8.28. The van der Waals surface area contributed by atoms with Crippen LogP contribution in [0.15, 0.2) is 54.3 Å². The molecule has 162 valence electrons. The molecule has 0 atom stereocenters. The number of hydrogen-bond donors (Lipinski definition) is 0. The fraction of sp³-hybridized carbons (Fsp3) is 0.192. The molecular weight excluding hydrogens is 445 g/mol. The molecule has 0 unspecified atom stereocenters. The van der Waals surface area contributed by atoms with Gasteiger partial charge < -0.3 is 9.47 Å². The number of carbonyl (C=O) groups is 1. The molecule has 0 bridgehead atoms. The maximum atomic E-state index is 13.2. The molecule has 0 fully saturated rings. The lowest BCUT2D eigenvalue weighted by atomic mass is 9.98. The number of Topliss-reactive ketones (excluding diaryl/α,β-unsaturated/α-hetero) is 1. The average molecular weight is 466 g/mol. The third-order valence-electron chi connectivity index (χ3n) is 5.85. The molecule has 0 saturated carbocycles. The first kappa shape index (κ1) is 21.1. The molecule has 2 aliphatic heterocycles. The van der Waals surface area contributed by atoms with Crippen LogP contribution in [-0.2, 0) is 13.1 Å². The van der Waals surface area contributed by atoms with Crippen LogP contribution in [0.1, 0.15) is 38.2 Å². The molecule has 3 aromatic rings. The highest BCUT2D eigenvalue weighted by Crippen LogP contribution is 2.44. The lowest BCUT2D eigenvalue weighted by Gasteiger charge is -2.30. The minimum atomic E-state index is -0.0924. The van der Waals surface area contributed by atoms with Crippen molar-refractivity contribution in [1.29, 1.82) is 0 Å². The largest absolute Gasteiger partial charge is 0.478 e. The van der Waals surface area contributed by atoms with Crippen LogP contribution < -0.4 is 9.47 Å². The minimum absolute atomic E-state index is 0.0924. The van der Waals surface area contributed by atoms with Crippen LogP contribution in [0.4, 0.5) is 0 Å². The van der Waals surface area contributed by atoms with Crippen molar-refractivity contribution in [2.75, 3.05) is 6.73 Å². The zero-order valence-electron chi connectivity index (χ0n) is 17.7. The summed E-state index contributed by atoms with van der Waals surface area (Å²) in [6.45, 7) is 5.61. The molecule has 0 aromatic heterocycles. The van der Waals surface area contributed by atoms with Gasteiger partial charge in [-0.3, -0.25) is 9.69 Å². The molecule has 0 N–H and O–H groups in total. The standard InChI is InChI=1S/C26H21Cl2NO3/c1-15-5-3-4-6-18(15)11-23-25(30)24-16(2)9-22-19(26(24)32-23)13-29(14-31-22)12-17-7-8-20(27)21(28)10-17/h3-11H,12-14H2,1-2H3/b23-11-. The lowest BCUT2D eigenvalue weighted by Crippen LogP contribution is -2.31. The molecule has 0 spiro atoms. The molecule has 2 aliphatic rings. The Labute approximate surface area is 197 Å². The van der Waals surface area contributed by atoms with Gasteiger partial charge in [0.1, 0.15) is 18.2 Å². The number of allylic oxidation sites excluding steroid dienone is 1. The van der Waals surface area contributed by atoms with Crippen molar-refractivity contribution in [2.24, 2.45) is 0 Å². The van der Waals surface area contributed by atoms with Crippen LogP contribution in [0, 0.1) is 13.8 Å². The normalized spacial score (nSPS) is 16.5. The molecular formula is C26H21Cl2NO3. The van der Waals surface area contributed by atoms with Gasteiger partial charge in [0.05, 0.1) is 21.2 Å². The summed E-state index contributed by atoms with van der Waals surface area (Å²) in [4.78, 5) is 15.3. The third kappa shape index (κ3) is 3.79. The van der Waals surface area contributed by atoms with Gasteiger partial charge in [-0.15, -0.1) is 0 Å². The second-order valence-electron chi connectivity index (χ2n) is 8.18. The van der Waals surface area contributed by atoms with Crippen LogP contribution in [0.5, 0.6) is 11.5 Å². The van der Waals surface area contributed by atoms with Crippen molar-refractivity contribution >= 4 is 35.1 Å². The first-order valence-corrected chi connectivity index (χ1v) is 11.1. The van der Waals surface area contributed by atoms with Gasteiger partial charge in [-0.1, -0.05) is 53.5 Å². The quantitative estimate of drug-likeness (QED) is 0.409. The van der Waals surface area contributed by atoms with Gasteiger partial charge in [-0.05, 0) is 60.4 Å². The zero-order valence-corrected chi connectivity index (χ0v) is 19.3. The highest BCUT2D eigenvalue weighted by molar-refractivity contribution is 6.42. The Kier molecular flexibility index (Phi) is 5.46. The number of nitrogens with zero attached hydrogens (tertiary/aromatic N) is 1. The first-order chi connectivity index (χ1) is 15.4. The summed E-state index contributed by atoms with van der Waals surface area (Å²) in [5.74, 6) is 1.61. The van der Waals surface area contributed by atoms with E-state index in [1.54, 1.807) is 6.07 Å². The molecule has 0 saturated heterocycles. The van der Waals surface area contributed by atoms with Gasteiger partial charge >= 0.3 is 0 Å². The molecule has 32 heavy (non-hydrogen) atoms.